The maximum Gasteiger partial charge on any atom is 0.387 e. The molecule has 0 fully saturated rings. The lowest BCUT2D eigenvalue weighted by Crippen LogP contribution is -2.07. The number of benzene rings is 2. The minimum Gasteiger partial charge on any atom is -0.493 e. The fraction of sp³-hybridized carbons (Fsp3) is 0.118. The number of carbonyl (C=O) groups is 1. The van der Waals surface area contributed by atoms with E-state index < -0.39 is 6.61 Å². The molecule has 0 saturated heterocycles. The highest BCUT2D eigenvalue weighted by Gasteiger charge is 2.10. The van der Waals surface area contributed by atoms with Gasteiger partial charge in [-0.05, 0) is 48.0 Å². The summed E-state index contributed by atoms with van der Waals surface area (Å²) in [6.07, 6.45) is 2.88. The minimum absolute atomic E-state index is 0.0658. The van der Waals surface area contributed by atoms with Gasteiger partial charge in [0.15, 0.2) is 11.5 Å². The molecule has 126 valence electrons. The van der Waals surface area contributed by atoms with Crippen molar-refractivity contribution in [1.82, 2.24) is 0 Å². The third-order valence-electron chi connectivity index (χ3n) is 2.94. The SMILES string of the molecule is COc1cc(/C=C\C(=O)Nc2ccc(Br)cc2)ccc1OC(F)F. The van der Waals surface area contributed by atoms with Crippen molar-refractivity contribution < 1.29 is 23.0 Å². The van der Waals surface area contributed by atoms with Crippen LogP contribution in [-0.4, -0.2) is 19.6 Å². The molecule has 0 atom stereocenters. The lowest BCUT2D eigenvalue weighted by Gasteiger charge is -2.10. The Morgan fingerprint density at radius 2 is 1.88 bits per heavy atom. The zero-order chi connectivity index (χ0) is 17.5. The summed E-state index contributed by atoms with van der Waals surface area (Å²) in [5, 5.41) is 2.70. The predicted octanol–water partition coefficient (Wildman–Crippen LogP) is 4.71. The van der Waals surface area contributed by atoms with Crippen LogP contribution in [0.1, 0.15) is 5.56 Å². The van der Waals surface area contributed by atoms with Gasteiger partial charge in [-0.25, -0.2) is 0 Å². The van der Waals surface area contributed by atoms with Gasteiger partial charge in [-0.3, -0.25) is 4.79 Å². The fourth-order valence-electron chi connectivity index (χ4n) is 1.87. The number of anilines is 1. The maximum atomic E-state index is 12.3. The van der Waals surface area contributed by atoms with Gasteiger partial charge in [0.1, 0.15) is 0 Å². The molecule has 1 amide bonds. The van der Waals surface area contributed by atoms with E-state index in [0.717, 1.165) is 4.47 Å². The standard InChI is InChI=1S/C17H14BrF2NO3/c1-23-15-10-11(2-8-14(15)24-17(19)20)3-9-16(22)21-13-6-4-12(18)5-7-13/h2-10,17H,1H3,(H,21,22)/b9-3-. The first-order valence-corrected chi connectivity index (χ1v) is 7.64. The molecule has 0 saturated carbocycles. The highest BCUT2D eigenvalue weighted by molar-refractivity contribution is 9.10. The van der Waals surface area contributed by atoms with Crippen molar-refractivity contribution in [3.8, 4) is 11.5 Å². The summed E-state index contributed by atoms with van der Waals surface area (Å²) >= 11 is 3.31. The largest absolute Gasteiger partial charge is 0.493 e. The van der Waals surface area contributed by atoms with E-state index in [-0.39, 0.29) is 17.4 Å². The third-order valence-corrected chi connectivity index (χ3v) is 3.47. The van der Waals surface area contributed by atoms with Crippen LogP contribution in [-0.2, 0) is 4.79 Å². The van der Waals surface area contributed by atoms with E-state index in [1.807, 2.05) is 12.1 Å². The molecule has 7 heteroatoms. The van der Waals surface area contributed by atoms with E-state index in [1.54, 1.807) is 24.3 Å². The molecule has 0 heterocycles. The topological polar surface area (TPSA) is 47.6 Å². The van der Waals surface area contributed by atoms with Gasteiger partial charge in [0.05, 0.1) is 7.11 Å². The Labute approximate surface area is 146 Å². The molecule has 0 unspecified atom stereocenters. The summed E-state index contributed by atoms with van der Waals surface area (Å²) in [5.74, 6) is -0.223. The molecule has 2 rings (SSSR count). The Hall–Kier alpha value is -2.41. The minimum atomic E-state index is -2.93. The molecule has 4 nitrogen and oxygen atoms in total. The monoisotopic (exact) mass is 397 g/mol. The van der Waals surface area contributed by atoms with Crippen LogP contribution in [0.4, 0.5) is 14.5 Å². The smallest absolute Gasteiger partial charge is 0.387 e. The lowest BCUT2D eigenvalue weighted by molar-refractivity contribution is -0.111. The van der Waals surface area contributed by atoms with Crippen molar-refractivity contribution in [3.05, 3.63) is 58.6 Å². The summed E-state index contributed by atoms with van der Waals surface area (Å²) < 4.78 is 34.8. The van der Waals surface area contributed by atoms with Crippen molar-refractivity contribution >= 4 is 33.6 Å². The molecular weight excluding hydrogens is 384 g/mol. The zero-order valence-electron chi connectivity index (χ0n) is 12.6. The van der Waals surface area contributed by atoms with E-state index in [9.17, 15) is 13.6 Å². The number of rotatable bonds is 6. The van der Waals surface area contributed by atoms with Crippen molar-refractivity contribution in [3.63, 3.8) is 0 Å². The second-order valence-corrected chi connectivity index (χ2v) is 5.53. The van der Waals surface area contributed by atoms with E-state index in [1.165, 1.54) is 25.3 Å². The van der Waals surface area contributed by atoms with Crippen LogP contribution in [0.15, 0.2) is 53.0 Å². The highest BCUT2D eigenvalue weighted by Crippen LogP contribution is 2.29. The molecule has 0 spiro atoms. The van der Waals surface area contributed by atoms with E-state index >= 15 is 0 Å². The molecular formula is C17H14BrF2NO3. The van der Waals surface area contributed by atoms with Gasteiger partial charge in [-0.1, -0.05) is 22.0 Å². The number of ether oxygens (including phenoxy) is 2. The van der Waals surface area contributed by atoms with Gasteiger partial charge < -0.3 is 14.8 Å². The van der Waals surface area contributed by atoms with Gasteiger partial charge >= 0.3 is 6.61 Å². The van der Waals surface area contributed by atoms with Crippen molar-refractivity contribution in [2.45, 2.75) is 6.61 Å². The molecule has 0 aliphatic carbocycles. The average Bonchev–Trinajstić information content (AvgIpc) is 2.55. The second kappa shape index (κ2) is 8.44. The molecule has 0 radical (unpaired) electrons. The zero-order valence-corrected chi connectivity index (χ0v) is 14.2. The molecule has 24 heavy (non-hydrogen) atoms. The summed E-state index contributed by atoms with van der Waals surface area (Å²) in [7, 11) is 1.35. The van der Waals surface area contributed by atoms with Gasteiger partial charge in [0, 0.05) is 16.2 Å². The maximum absolute atomic E-state index is 12.3. The summed E-state index contributed by atoms with van der Waals surface area (Å²) in [6, 6.07) is 11.5. The molecule has 0 bridgehead atoms. The van der Waals surface area contributed by atoms with Gasteiger partial charge in [-0.15, -0.1) is 0 Å². The molecule has 1 N–H and O–H groups in total. The quantitative estimate of drug-likeness (QED) is 0.717. The highest BCUT2D eigenvalue weighted by atomic mass is 79.9. The number of carbonyl (C=O) groups excluding carboxylic acids is 1. The molecule has 0 aliphatic heterocycles. The van der Waals surface area contributed by atoms with Crippen molar-refractivity contribution in [1.29, 1.82) is 0 Å². The first-order valence-electron chi connectivity index (χ1n) is 6.85. The van der Waals surface area contributed by atoms with Crippen LogP contribution in [0.25, 0.3) is 6.08 Å². The Balaban J connectivity index is 2.05. The number of hydrogen-bond acceptors (Lipinski definition) is 3. The van der Waals surface area contributed by atoms with E-state index in [2.05, 4.69) is 26.0 Å². The predicted molar refractivity (Wildman–Crippen MR) is 91.4 cm³/mol. The van der Waals surface area contributed by atoms with Crippen molar-refractivity contribution in [2.24, 2.45) is 0 Å². The molecule has 0 aliphatic rings. The average molecular weight is 398 g/mol. The number of halogens is 3. The number of methoxy groups -OCH3 is 1. The van der Waals surface area contributed by atoms with Crippen LogP contribution in [0.5, 0.6) is 11.5 Å². The Morgan fingerprint density at radius 3 is 2.50 bits per heavy atom. The Kier molecular flexibility index (Phi) is 6.31. The lowest BCUT2D eigenvalue weighted by atomic mass is 10.2. The van der Waals surface area contributed by atoms with E-state index in [4.69, 9.17) is 4.74 Å². The van der Waals surface area contributed by atoms with Gasteiger partial charge in [0.25, 0.3) is 0 Å². The van der Waals surface area contributed by atoms with E-state index in [0.29, 0.717) is 11.3 Å². The normalized spacial score (nSPS) is 10.9. The van der Waals surface area contributed by atoms with Crippen LogP contribution in [0, 0.1) is 0 Å². The van der Waals surface area contributed by atoms with Crippen molar-refractivity contribution in [2.75, 3.05) is 12.4 Å². The summed E-state index contributed by atoms with van der Waals surface area (Å²) in [6.45, 7) is -2.93. The molecule has 2 aromatic carbocycles. The summed E-state index contributed by atoms with van der Waals surface area (Å²) in [5.41, 5.74) is 1.27. The number of nitrogens with one attached hydrogen (secondary N) is 1. The summed E-state index contributed by atoms with van der Waals surface area (Å²) in [4.78, 5) is 11.9. The first-order chi connectivity index (χ1) is 11.5. The Bertz CT molecular complexity index is 733. The third kappa shape index (κ3) is 5.34. The van der Waals surface area contributed by atoms with Gasteiger partial charge in [-0.2, -0.15) is 8.78 Å². The number of hydrogen-bond donors (Lipinski definition) is 1. The van der Waals surface area contributed by atoms with Crippen LogP contribution in [0.3, 0.4) is 0 Å². The second-order valence-electron chi connectivity index (χ2n) is 4.62. The number of amides is 1. The first kappa shape index (κ1) is 17.9. The fourth-order valence-corrected chi connectivity index (χ4v) is 2.13. The van der Waals surface area contributed by atoms with Crippen LogP contribution < -0.4 is 14.8 Å². The Morgan fingerprint density at radius 1 is 1.17 bits per heavy atom. The van der Waals surface area contributed by atoms with Crippen LogP contribution >= 0.6 is 15.9 Å². The van der Waals surface area contributed by atoms with Crippen LogP contribution in [0.2, 0.25) is 0 Å². The number of alkyl halides is 2. The molecule has 2 aromatic rings. The van der Waals surface area contributed by atoms with Gasteiger partial charge in [0.2, 0.25) is 5.91 Å². The molecule has 0 aromatic heterocycles.